The van der Waals surface area contributed by atoms with E-state index in [1.807, 2.05) is 26.0 Å². The molecule has 1 aromatic carbocycles. The van der Waals surface area contributed by atoms with Crippen LogP contribution < -0.4 is 11.0 Å². The zero-order valence-corrected chi connectivity index (χ0v) is 13.5. The molecule has 23 heavy (non-hydrogen) atoms. The molecule has 5 nitrogen and oxygen atoms in total. The number of amides is 1. The third-order valence-corrected chi connectivity index (χ3v) is 4.47. The maximum Gasteiger partial charge on any atom is 0.345 e. The molecule has 1 amide bonds. The second-order valence-electron chi connectivity index (χ2n) is 6.17. The van der Waals surface area contributed by atoms with Gasteiger partial charge in [0.05, 0.1) is 0 Å². The second kappa shape index (κ2) is 6.36. The summed E-state index contributed by atoms with van der Waals surface area (Å²) in [5.41, 5.74) is 4.77. The van der Waals surface area contributed by atoms with E-state index in [-0.39, 0.29) is 17.6 Å². The molecular weight excluding hydrogens is 290 g/mol. The van der Waals surface area contributed by atoms with Gasteiger partial charge in [-0.25, -0.2) is 4.79 Å². The number of carbonyl (C=O) groups excluding carboxylic acids is 1. The SMILES string of the molecule is Cc1nc(=O)[nH]c(C)c1CCC(=O)NC1Cc2ccccc2C1. The van der Waals surface area contributed by atoms with E-state index < -0.39 is 0 Å². The third-order valence-electron chi connectivity index (χ3n) is 4.47. The van der Waals surface area contributed by atoms with E-state index in [1.54, 1.807) is 0 Å². The Labute approximate surface area is 135 Å². The number of aromatic amines is 1. The summed E-state index contributed by atoms with van der Waals surface area (Å²) in [4.78, 5) is 30.1. The number of hydrogen-bond donors (Lipinski definition) is 2. The zero-order chi connectivity index (χ0) is 16.4. The zero-order valence-electron chi connectivity index (χ0n) is 13.5. The largest absolute Gasteiger partial charge is 0.353 e. The van der Waals surface area contributed by atoms with Gasteiger partial charge in [-0.1, -0.05) is 24.3 Å². The van der Waals surface area contributed by atoms with Gasteiger partial charge < -0.3 is 10.3 Å². The molecule has 1 aliphatic carbocycles. The predicted molar refractivity (Wildman–Crippen MR) is 88.4 cm³/mol. The molecule has 3 rings (SSSR count). The fraction of sp³-hybridized carbons (Fsp3) is 0.389. The van der Waals surface area contributed by atoms with E-state index >= 15 is 0 Å². The van der Waals surface area contributed by atoms with E-state index in [0.717, 1.165) is 24.1 Å². The highest BCUT2D eigenvalue weighted by molar-refractivity contribution is 5.76. The van der Waals surface area contributed by atoms with E-state index in [9.17, 15) is 9.59 Å². The van der Waals surface area contributed by atoms with Gasteiger partial charge in [-0.15, -0.1) is 0 Å². The molecule has 1 heterocycles. The average Bonchev–Trinajstić information content (AvgIpc) is 2.88. The van der Waals surface area contributed by atoms with Crippen LogP contribution in [0.2, 0.25) is 0 Å². The Morgan fingerprint density at radius 3 is 2.52 bits per heavy atom. The molecule has 0 bridgehead atoms. The number of rotatable bonds is 4. The summed E-state index contributed by atoms with van der Waals surface area (Å²) in [5, 5.41) is 3.12. The summed E-state index contributed by atoms with van der Waals surface area (Å²) >= 11 is 0. The number of benzene rings is 1. The van der Waals surface area contributed by atoms with E-state index in [0.29, 0.717) is 18.5 Å². The summed E-state index contributed by atoms with van der Waals surface area (Å²) in [5.74, 6) is 0.0489. The van der Waals surface area contributed by atoms with Crippen LogP contribution in [0.5, 0.6) is 0 Å². The third kappa shape index (κ3) is 3.50. The van der Waals surface area contributed by atoms with Crippen molar-refractivity contribution in [2.24, 2.45) is 0 Å². The van der Waals surface area contributed by atoms with E-state index in [1.165, 1.54) is 11.1 Å². The quantitative estimate of drug-likeness (QED) is 0.900. The summed E-state index contributed by atoms with van der Waals surface area (Å²) in [6.07, 6.45) is 2.80. The van der Waals surface area contributed by atoms with Crippen molar-refractivity contribution in [2.75, 3.05) is 0 Å². The van der Waals surface area contributed by atoms with Crippen molar-refractivity contribution in [1.82, 2.24) is 15.3 Å². The van der Waals surface area contributed by atoms with Crippen LogP contribution in [0.25, 0.3) is 0 Å². The molecule has 5 heteroatoms. The molecule has 0 aliphatic heterocycles. The van der Waals surface area contributed by atoms with Crippen LogP contribution in [0.1, 0.15) is 34.5 Å². The second-order valence-corrected chi connectivity index (χ2v) is 6.17. The molecule has 2 N–H and O–H groups in total. The molecule has 0 atom stereocenters. The minimum atomic E-state index is -0.336. The van der Waals surface area contributed by atoms with E-state index in [4.69, 9.17) is 0 Å². The summed E-state index contributed by atoms with van der Waals surface area (Å²) in [6, 6.07) is 8.52. The number of nitrogens with zero attached hydrogens (tertiary/aromatic N) is 1. The van der Waals surface area contributed by atoms with Gasteiger partial charge in [0, 0.05) is 23.9 Å². The Balaban J connectivity index is 1.56. The topological polar surface area (TPSA) is 74.8 Å². The maximum atomic E-state index is 12.2. The lowest BCUT2D eigenvalue weighted by molar-refractivity contribution is -0.121. The lowest BCUT2D eigenvalue weighted by Crippen LogP contribution is -2.35. The molecule has 0 saturated carbocycles. The van der Waals surface area contributed by atoms with Gasteiger partial charge in [0.1, 0.15) is 0 Å². The fourth-order valence-corrected chi connectivity index (χ4v) is 3.32. The van der Waals surface area contributed by atoms with Gasteiger partial charge >= 0.3 is 5.69 Å². The number of H-pyrrole nitrogens is 1. The first-order valence-corrected chi connectivity index (χ1v) is 7.95. The number of fused-ring (bicyclic) bond motifs is 1. The van der Waals surface area contributed by atoms with Crippen LogP contribution in [-0.4, -0.2) is 21.9 Å². The number of aromatic nitrogens is 2. The maximum absolute atomic E-state index is 12.2. The molecule has 120 valence electrons. The summed E-state index contributed by atoms with van der Waals surface area (Å²) in [7, 11) is 0. The standard InChI is InChI=1S/C18H21N3O2/c1-11-16(12(2)20-18(23)19-11)7-8-17(22)21-15-9-13-5-3-4-6-14(13)10-15/h3-6,15H,7-10H2,1-2H3,(H,21,22)(H,19,20,23). The molecular formula is C18H21N3O2. The molecule has 1 aliphatic rings. The Kier molecular flexibility index (Phi) is 4.28. The van der Waals surface area contributed by atoms with Crippen molar-refractivity contribution in [3.05, 3.63) is 62.8 Å². The Hall–Kier alpha value is -2.43. The van der Waals surface area contributed by atoms with Crippen LogP contribution in [0.4, 0.5) is 0 Å². The van der Waals surface area contributed by atoms with Gasteiger partial charge in [0.2, 0.25) is 5.91 Å². The summed E-state index contributed by atoms with van der Waals surface area (Å²) < 4.78 is 0. The lowest BCUT2D eigenvalue weighted by Gasteiger charge is -2.13. The Morgan fingerprint density at radius 2 is 1.91 bits per heavy atom. The Morgan fingerprint density at radius 1 is 1.26 bits per heavy atom. The summed E-state index contributed by atoms with van der Waals surface area (Å²) in [6.45, 7) is 3.65. The first-order valence-electron chi connectivity index (χ1n) is 7.95. The van der Waals surface area contributed by atoms with Crippen molar-refractivity contribution in [3.63, 3.8) is 0 Å². The van der Waals surface area contributed by atoms with Crippen LogP contribution in [-0.2, 0) is 24.1 Å². The Bertz CT molecular complexity index is 744. The predicted octanol–water partition coefficient (Wildman–Crippen LogP) is 1.60. The average molecular weight is 311 g/mol. The van der Waals surface area contributed by atoms with Gasteiger partial charge in [-0.3, -0.25) is 4.79 Å². The monoisotopic (exact) mass is 311 g/mol. The van der Waals surface area contributed by atoms with Crippen molar-refractivity contribution in [3.8, 4) is 0 Å². The molecule has 0 fully saturated rings. The highest BCUT2D eigenvalue weighted by Gasteiger charge is 2.22. The van der Waals surface area contributed by atoms with Crippen molar-refractivity contribution >= 4 is 5.91 Å². The number of nitrogens with one attached hydrogen (secondary N) is 2. The van der Waals surface area contributed by atoms with Gasteiger partial charge in [0.15, 0.2) is 0 Å². The number of hydrogen-bond acceptors (Lipinski definition) is 3. The minimum absolute atomic E-state index is 0.0489. The molecule has 0 unspecified atom stereocenters. The highest BCUT2D eigenvalue weighted by Crippen LogP contribution is 2.21. The molecule has 2 aromatic rings. The highest BCUT2D eigenvalue weighted by atomic mass is 16.1. The lowest BCUT2D eigenvalue weighted by atomic mass is 10.1. The normalized spacial score (nSPS) is 13.8. The van der Waals surface area contributed by atoms with Gasteiger partial charge in [0.25, 0.3) is 0 Å². The molecule has 0 radical (unpaired) electrons. The van der Waals surface area contributed by atoms with Crippen LogP contribution >= 0.6 is 0 Å². The van der Waals surface area contributed by atoms with Gasteiger partial charge in [-0.2, -0.15) is 4.98 Å². The number of carbonyl (C=O) groups is 1. The number of aryl methyl sites for hydroxylation is 2. The first kappa shape index (κ1) is 15.5. The van der Waals surface area contributed by atoms with Crippen LogP contribution in [0, 0.1) is 13.8 Å². The van der Waals surface area contributed by atoms with Crippen molar-refractivity contribution in [2.45, 2.75) is 45.6 Å². The molecule has 1 aromatic heterocycles. The molecule has 0 saturated heterocycles. The van der Waals surface area contributed by atoms with E-state index in [2.05, 4.69) is 27.4 Å². The molecule has 0 spiro atoms. The first-order chi connectivity index (χ1) is 11.0. The smallest absolute Gasteiger partial charge is 0.345 e. The van der Waals surface area contributed by atoms with Crippen molar-refractivity contribution in [1.29, 1.82) is 0 Å². The van der Waals surface area contributed by atoms with Gasteiger partial charge in [-0.05, 0) is 49.8 Å². The van der Waals surface area contributed by atoms with Crippen LogP contribution in [0.15, 0.2) is 29.1 Å². The minimum Gasteiger partial charge on any atom is -0.353 e. The van der Waals surface area contributed by atoms with Crippen molar-refractivity contribution < 1.29 is 4.79 Å². The van der Waals surface area contributed by atoms with Crippen LogP contribution in [0.3, 0.4) is 0 Å². The fourth-order valence-electron chi connectivity index (χ4n) is 3.32.